The van der Waals surface area contributed by atoms with E-state index in [1.165, 1.54) is 0 Å². The van der Waals surface area contributed by atoms with Gasteiger partial charge in [-0.2, -0.15) is 0 Å². The number of amides is 4. The van der Waals surface area contributed by atoms with Crippen LogP contribution in [-0.2, 0) is 32.3 Å². The van der Waals surface area contributed by atoms with E-state index in [2.05, 4.69) is 10.6 Å². The van der Waals surface area contributed by atoms with Crippen LogP contribution in [0.4, 0.5) is 9.59 Å². The molecule has 12 nitrogen and oxygen atoms in total. The first kappa shape index (κ1) is 32.4. The smallest absolute Gasteiger partial charge is 0.410 e. The van der Waals surface area contributed by atoms with Crippen LogP contribution in [-0.4, -0.2) is 123 Å². The van der Waals surface area contributed by atoms with E-state index in [4.69, 9.17) is 9.47 Å². The molecule has 1 heterocycles. The van der Waals surface area contributed by atoms with Crippen molar-refractivity contribution >= 4 is 24.0 Å². The van der Waals surface area contributed by atoms with E-state index >= 15 is 0 Å². The molecule has 0 aromatic heterocycles. The van der Waals surface area contributed by atoms with E-state index in [-0.39, 0.29) is 38.1 Å². The Morgan fingerprint density at radius 3 is 1.21 bits per heavy atom. The monoisotopic (exact) mass is 582 g/mol. The van der Waals surface area contributed by atoms with Crippen LogP contribution in [0.2, 0.25) is 0 Å². The molecule has 12 heteroatoms. The summed E-state index contributed by atoms with van der Waals surface area (Å²) in [6, 6.07) is 18.9. The first-order valence-corrected chi connectivity index (χ1v) is 14.1. The Morgan fingerprint density at radius 1 is 0.571 bits per heavy atom. The average molecular weight is 583 g/mol. The van der Waals surface area contributed by atoms with Crippen LogP contribution in [0.15, 0.2) is 60.7 Å². The lowest BCUT2D eigenvalue weighted by Crippen LogP contribution is -2.51. The standard InChI is InChI=1S/C30H42N6O6/c1-31-27(37)21-33-13-17-35(29(39)41-23-25-9-5-3-6-10-25)19-15-34(22-28(38)32-2)16-20-36(18-14-33)30(40)42-24-26-11-7-4-8-12-26/h3-12H,13-24H2,1-2H3,(H,31,37)(H,32,38). The van der Waals surface area contributed by atoms with Crippen molar-refractivity contribution in [2.24, 2.45) is 0 Å². The van der Waals surface area contributed by atoms with Crippen molar-refractivity contribution in [1.82, 2.24) is 30.2 Å². The van der Waals surface area contributed by atoms with Crippen LogP contribution < -0.4 is 10.6 Å². The summed E-state index contributed by atoms with van der Waals surface area (Å²) in [6.45, 7) is 3.25. The van der Waals surface area contributed by atoms with Crippen molar-refractivity contribution in [2.75, 3.05) is 79.5 Å². The molecular formula is C30H42N6O6. The summed E-state index contributed by atoms with van der Waals surface area (Å²) in [7, 11) is 3.14. The van der Waals surface area contributed by atoms with Crippen LogP contribution in [0, 0.1) is 0 Å². The average Bonchev–Trinajstić information content (AvgIpc) is 3.01. The highest BCUT2D eigenvalue weighted by atomic mass is 16.6. The summed E-state index contributed by atoms with van der Waals surface area (Å²) in [4.78, 5) is 57.8. The minimum absolute atomic E-state index is 0.110. The third-order valence-electron chi connectivity index (χ3n) is 6.96. The Labute approximate surface area is 247 Å². The maximum atomic E-state index is 13.1. The van der Waals surface area contributed by atoms with Crippen molar-refractivity contribution in [2.45, 2.75) is 13.2 Å². The zero-order chi connectivity index (χ0) is 30.2. The van der Waals surface area contributed by atoms with Gasteiger partial charge in [0, 0.05) is 66.5 Å². The highest BCUT2D eigenvalue weighted by Crippen LogP contribution is 2.08. The molecule has 3 rings (SSSR count). The van der Waals surface area contributed by atoms with Crippen molar-refractivity contribution in [3.05, 3.63) is 71.8 Å². The Bertz CT molecular complexity index is 1030. The summed E-state index contributed by atoms with van der Waals surface area (Å²) < 4.78 is 11.2. The molecule has 1 fully saturated rings. The van der Waals surface area contributed by atoms with Crippen LogP contribution in [0.1, 0.15) is 11.1 Å². The van der Waals surface area contributed by atoms with Gasteiger partial charge in [-0.3, -0.25) is 19.4 Å². The zero-order valence-corrected chi connectivity index (χ0v) is 24.5. The number of hydrogen-bond acceptors (Lipinski definition) is 8. The Hall–Kier alpha value is -4.16. The summed E-state index contributed by atoms with van der Waals surface area (Å²) in [5.41, 5.74) is 1.75. The predicted octanol–water partition coefficient (Wildman–Crippen LogP) is 1.37. The molecule has 0 unspecified atom stereocenters. The fourth-order valence-electron chi connectivity index (χ4n) is 4.36. The number of carbonyl (C=O) groups excluding carboxylic acids is 4. The third-order valence-corrected chi connectivity index (χ3v) is 6.96. The number of benzene rings is 2. The van der Waals surface area contributed by atoms with Crippen molar-refractivity contribution in [3.63, 3.8) is 0 Å². The molecule has 0 spiro atoms. The van der Waals surface area contributed by atoms with Crippen LogP contribution >= 0.6 is 0 Å². The highest BCUT2D eigenvalue weighted by molar-refractivity contribution is 5.78. The number of nitrogens with zero attached hydrogens (tertiary/aromatic N) is 4. The number of ether oxygens (including phenoxy) is 2. The number of carbonyl (C=O) groups is 4. The molecule has 2 N–H and O–H groups in total. The molecule has 1 aliphatic rings. The molecule has 1 aliphatic heterocycles. The molecule has 0 bridgehead atoms. The van der Waals surface area contributed by atoms with Gasteiger partial charge >= 0.3 is 12.2 Å². The van der Waals surface area contributed by atoms with Crippen molar-refractivity contribution in [1.29, 1.82) is 0 Å². The van der Waals surface area contributed by atoms with Gasteiger partial charge in [0.1, 0.15) is 13.2 Å². The van der Waals surface area contributed by atoms with Gasteiger partial charge in [0.15, 0.2) is 0 Å². The summed E-state index contributed by atoms with van der Waals surface area (Å²) in [6.07, 6.45) is -0.941. The molecular weight excluding hydrogens is 540 g/mol. The lowest BCUT2D eigenvalue weighted by molar-refractivity contribution is -0.122. The first-order chi connectivity index (χ1) is 20.4. The number of hydrogen-bond donors (Lipinski definition) is 2. The third kappa shape index (κ3) is 11.4. The van der Waals surface area contributed by atoms with Gasteiger partial charge in [-0.15, -0.1) is 0 Å². The summed E-state index contributed by atoms with van der Waals surface area (Å²) in [5.74, 6) is -0.342. The van der Waals surface area contributed by atoms with Gasteiger partial charge in [0.25, 0.3) is 0 Å². The molecule has 42 heavy (non-hydrogen) atoms. The van der Waals surface area contributed by atoms with Gasteiger partial charge in [-0.05, 0) is 11.1 Å². The molecule has 4 amide bonds. The van der Waals surface area contributed by atoms with Gasteiger partial charge in [0.05, 0.1) is 13.1 Å². The summed E-state index contributed by atoms with van der Waals surface area (Å²) >= 11 is 0. The van der Waals surface area contributed by atoms with Gasteiger partial charge in [-0.25, -0.2) is 9.59 Å². The Kier molecular flexibility index (Phi) is 13.6. The van der Waals surface area contributed by atoms with Gasteiger partial charge in [0.2, 0.25) is 11.8 Å². The lowest BCUT2D eigenvalue weighted by atomic mass is 10.2. The van der Waals surface area contributed by atoms with E-state index < -0.39 is 12.2 Å². The second-order valence-electron chi connectivity index (χ2n) is 9.95. The normalized spacial score (nSPS) is 15.6. The van der Waals surface area contributed by atoms with E-state index in [0.717, 1.165) is 11.1 Å². The van der Waals surface area contributed by atoms with E-state index in [0.29, 0.717) is 52.4 Å². The maximum absolute atomic E-state index is 13.1. The fourth-order valence-corrected chi connectivity index (χ4v) is 4.36. The predicted molar refractivity (Wildman–Crippen MR) is 157 cm³/mol. The molecule has 228 valence electrons. The highest BCUT2D eigenvalue weighted by Gasteiger charge is 2.24. The number of nitrogens with one attached hydrogen (secondary N) is 2. The van der Waals surface area contributed by atoms with Crippen molar-refractivity contribution in [3.8, 4) is 0 Å². The largest absolute Gasteiger partial charge is 0.445 e. The Morgan fingerprint density at radius 2 is 0.905 bits per heavy atom. The first-order valence-electron chi connectivity index (χ1n) is 14.1. The maximum Gasteiger partial charge on any atom is 0.410 e. The topological polar surface area (TPSA) is 124 Å². The van der Waals surface area contributed by atoms with Gasteiger partial charge < -0.3 is 29.9 Å². The molecule has 2 aromatic carbocycles. The molecule has 0 aliphatic carbocycles. The molecule has 1 saturated heterocycles. The summed E-state index contributed by atoms with van der Waals surface area (Å²) in [5, 5.41) is 5.27. The van der Waals surface area contributed by atoms with E-state index in [1.54, 1.807) is 23.9 Å². The molecule has 2 aromatic rings. The van der Waals surface area contributed by atoms with Crippen LogP contribution in [0.3, 0.4) is 0 Å². The van der Waals surface area contributed by atoms with E-state index in [1.807, 2.05) is 70.5 Å². The number of likely N-dealkylation sites (N-methyl/N-ethyl adjacent to an activating group) is 2. The zero-order valence-electron chi connectivity index (χ0n) is 24.5. The minimum atomic E-state index is -0.471. The van der Waals surface area contributed by atoms with E-state index in [9.17, 15) is 19.2 Å². The number of rotatable bonds is 8. The fraction of sp³-hybridized carbons (Fsp3) is 0.467. The van der Waals surface area contributed by atoms with Gasteiger partial charge in [-0.1, -0.05) is 60.7 Å². The molecule has 0 radical (unpaired) electrons. The molecule has 0 atom stereocenters. The Balaban J connectivity index is 1.73. The minimum Gasteiger partial charge on any atom is -0.445 e. The quantitative estimate of drug-likeness (QED) is 0.479. The SMILES string of the molecule is CNC(=O)CN1CCN(C(=O)OCc2ccccc2)CCN(CC(=O)NC)CCN(C(=O)OCc2ccccc2)CC1. The molecule has 0 saturated carbocycles. The second kappa shape index (κ2) is 17.6. The van der Waals surface area contributed by atoms with Crippen LogP contribution in [0.25, 0.3) is 0 Å². The van der Waals surface area contributed by atoms with Crippen molar-refractivity contribution < 1.29 is 28.7 Å². The van der Waals surface area contributed by atoms with Crippen LogP contribution in [0.5, 0.6) is 0 Å². The lowest BCUT2D eigenvalue weighted by Gasteiger charge is -2.33. The second-order valence-corrected chi connectivity index (χ2v) is 9.95.